The monoisotopic (exact) mass is 266 g/mol. The Kier molecular flexibility index (Phi) is 3.87. The van der Waals surface area contributed by atoms with Gasteiger partial charge < -0.3 is 10.2 Å². The summed E-state index contributed by atoms with van der Waals surface area (Å²) in [7, 11) is 0. The molecule has 0 aromatic heterocycles. The van der Waals surface area contributed by atoms with Gasteiger partial charge in [0.1, 0.15) is 6.04 Å². The maximum absolute atomic E-state index is 12.3. The van der Waals surface area contributed by atoms with Gasteiger partial charge in [-0.1, -0.05) is 12.1 Å². The molecule has 2 rings (SSSR count). The molecule has 18 heavy (non-hydrogen) atoms. The summed E-state index contributed by atoms with van der Waals surface area (Å²) in [5.41, 5.74) is 1.56. The maximum atomic E-state index is 12.3. The Hall–Kier alpha value is -1.55. The van der Waals surface area contributed by atoms with E-state index in [1.165, 1.54) is 0 Å². The van der Waals surface area contributed by atoms with Gasteiger partial charge in [-0.25, -0.2) is 0 Å². The third-order valence-corrected chi connectivity index (χ3v) is 3.42. The molecule has 1 unspecified atom stereocenters. The predicted octanol–water partition coefficient (Wildman–Crippen LogP) is 1.39. The molecule has 0 spiro atoms. The number of halogens is 1. The summed E-state index contributed by atoms with van der Waals surface area (Å²) < 4.78 is 0. The van der Waals surface area contributed by atoms with Crippen LogP contribution in [0.15, 0.2) is 24.3 Å². The number of nitrogens with zero attached hydrogens (tertiary/aromatic N) is 1. The first-order valence-electron chi connectivity index (χ1n) is 5.87. The zero-order chi connectivity index (χ0) is 13.1. The first-order valence-corrected chi connectivity index (χ1v) is 6.40. The standard InChI is InChI=1S/C13H15ClN2O2/c1-9-12(17)15-6-7-16(9)13(18)11-4-2-10(8-14)3-5-11/h2-5,9H,6-8H2,1H3,(H,15,17). The summed E-state index contributed by atoms with van der Waals surface area (Å²) in [5.74, 6) is 0.210. The van der Waals surface area contributed by atoms with Crippen LogP contribution < -0.4 is 5.32 Å². The van der Waals surface area contributed by atoms with Crippen molar-refractivity contribution in [1.82, 2.24) is 10.2 Å². The molecule has 1 N–H and O–H groups in total. The number of alkyl halides is 1. The van der Waals surface area contributed by atoms with E-state index in [4.69, 9.17) is 11.6 Å². The van der Waals surface area contributed by atoms with E-state index in [1.807, 2.05) is 12.1 Å². The Bertz CT molecular complexity index is 459. The van der Waals surface area contributed by atoms with E-state index in [9.17, 15) is 9.59 Å². The summed E-state index contributed by atoms with van der Waals surface area (Å²) in [5, 5.41) is 2.74. The van der Waals surface area contributed by atoms with Crippen molar-refractivity contribution < 1.29 is 9.59 Å². The molecule has 1 heterocycles. The molecule has 1 saturated heterocycles. The lowest BCUT2D eigenvalue weighted by atomic mass is 10.1. The average Bonchev–Trinajstić information content (AvgIpc) is 2.41. The fourth-order valence-corrected chi connectivity index (χ4v) is 2.14. The number of carbonyl (C=O) groups is 2. The summed E-state index contributed by atoms with van der Waals surface area (Å²) in [6.07, 6.45) is 0. The normalized spacial score (nSPS) is 19.6. The highest BCUT2D eigenvalue weighted by Crippen LogP contribution is 2.13. The molecule has 96 valence electrons. The van der Waals surface area contributed by atoms with Crippen LogP contribution in [0.3, 0.4) is 0 Å². The van der Waals surface area contributed by atoms with Crippen molar-refractivity contribution in [3.63, 3.8) is 0 Å². The van der Waals surface area contributed by atoms with Crippen LogP contribution in [0.2, 0.25) is 0 Å². The molecule has 0 radical (unpaired) electrons. The highest BCUT2D eigenvalue weighted by atomic mass is 35.5. The number of benzene rings is 1. The van der Waals surface area contributed by atoms with Crippen LogP contribution in [0.5, 0.6) is 0 Å². The van der Waals surface area contributed by atoms with E-state index in [0.717, 1.165) is 5.56 Å². The minimum Gasteiger partial charge on any atom is -0.353 e. The third kappa shape index (κ3) is 2.48. The first-order chi connectivity index (χ1) is 8.63. The van der Waals surface area contributed by atoms with Crippen molar-refractivity contribution >= 4 is 23.4 Å². The molecular formula is C13H15ClN2O2. The Morgan fingerprint density at radius 1 is 1.44 bits per heavy atom. The van der Waals surface area contributed by atoms with Gasteiger partial charge in [-0.3, -0.25) is 9.59 Å². The van der Waals surface area contributed by atoms with E-state index >= 15 is 0 Å². The van der Waals surface area contributed by atoms with E-state index in [1.54, 1.807) is 24.0 Å². The van der Waals surface area contributed by atoms with Gasteiger partial charge >= 0.3 is 0 Å². The Morgan fingerprint density at radius 2 is 2.11 bits per heavy atom. The molecule has 1 aliphatic heterocycles. The minimum absolute atomic E-state index is 0.105. The largest absolute Gasteiger partial charge is 0.353 e. The second kappa shape index (κ2) is 5.40. The summed E-state index contributed by atoms with van der Waals surface area (Å²) >= 11 is 5.70. The number of nitrogens with one attached hydrogen (secondary N) is 1. The number of rotatable bonds is 2. The van der Waals surface area contributed by atoms with Crippen molar-refractivity contribution in [2.75, 3.05) is 13.1 Å². The van der Waals surface area contributed by atoms with Gasteiger partial charge in [0.2, 0.25) is 5.91 Å². The van der Waals surface area contributed by atoms with Crippen LogP contribution >= 0.6 is 11.6 Å². The summed E-state index contributed by atoms with van der Waals surface area (Å²) in [6, 6.07) is 6.74. The predicted molar refractivity (Wildman–Crippen MR) is 69.5 cm³/mol. The highest BCUT2D eigenvalue weighted by molar-refractivity contribution is 6.17. The van der Waals surface area contributed by atoms with Gasteiger partial charge in [-0.2, -0.15) is 0 Å². The molecule has 1 fully saturated rings. The third-order valence-electron chi connectivity index (χ3n) is 3.11. The van der Waals surface area contributed by atoms with Crippen LogP contribution in [-0.4, -0.2) is 35.8 Å². The second-order valence-corrected chi connectivity index (χ2v) is 4.56. The molecule has 1 aliphatic rings. The number of hydrogen-bond acceptors (Lipinski definition) is 2. The molecule has 0 saturated carbocycles. The van der Waals surface area contributed by atoms with Crippen LogP contribution in [-0.2, 0) is 10.7 Å². The SMILES string of the molecule is CC1C(=O)NCCN1C(=O)c1ccc(CCl)cc1. The van der Waals surface area contributed by atoms with Gasteiger partial charge in [0, 0.05) is 24.5 Å². The minimum atomic E-state index is -0.418. The van der Waals surface area contributed by atoms with Crippen molar-refractivity contribution in [2.45, 2.75) is 18.8 Å². The lowest BCUT2D eigenvalue weighted by Crippen LogP contribution is -2.55. The van der Waals surface area contributed by atoms with Crippen molar-refractivity contribution in [2.24, 2.45) is 0 Å². The number of amides is 2. The smallest absolute Gasteiger partial charge is 0.254 e. The highest BCUT2D eigenvalue weighted by Gasteiger charge is 2.29. The Morgan fingerprint density at radius 3 is 2.72 bits per heavy atom. The topological polar surface area (TPSA) is 49.4 Å². The molecule has 4 nitrogen and oxygen atoms in total. The van der Waals surface area contributed by atoms with E-state index < -0.39 is 6.04 Å². The molecular weight excluding hydrogens is 252 g/mol. The fourth-order valence-electron chi connectivity index (χ4n) is 1.96. The zero-order valence-electron chi connectivity index (χ0n) is 10.1. The van der Waals surface area contributed by atoms with Crippen molar-refractivity contribution in [1.29, 1.82) is 0 Å². The zero-order valence-corrected chi connectivity index (χ0v) is 10.9. The summed E-state index contributed by atoms with van der Waals surface area (Å²) in [4.78, 5) is 25.4. The lowest BCUT2D eigenvalue weighted by molar-refractivity contribution is -0.127. The molecule has 0 aliphatic carbocycles. The molecule has 1 aromatic carbocycles. The van der Waals surface area contributed by atoms with Gasteiger partial charge in [0.15, 0.2) is 0 Å². The number of carbonyl (C=O) groups excluding carboxylic acids is 2. The number of piperazine rings is 1. The van der Waals surface area contributed by atoms with Gasteiger partial charge in [-0.15, -0.1) is 11.6 Å². The van der Waals surface area contributed by atoms with Crippen LogP contribution in [0.1, 0.15) is 22.8 Å². The Labute approximate surface area is 111 Å². The van der Waals surface area contributed by atoms with Gasteiger partial charge in [-0.05, 0) is 24.6 Å². The van der Waals surface area contributed by atoms with E-state index in [-0.39, 0.29) is 11.8 Å². The van der Waals surface area contributed by atoms with Gasteiger partial charge in [0.05, 0.1) is 0 Å². The quantitative estimate of drug-likeness (QED) is 0.823. The lowest BCUT2D eigenvalue weighted by Gasteiger charge is -2.32. The fraction of sp³-hybridized carbons (Fsp3) is 0.385. The average molecular weight is 267 g/mol. The first kappa shape index (κ1) is 12.9. The molecule has 1 atom stereocenters. The van der Waals surface area contributed by atoms with Crippen molar-refractivity contribution in [3.05, 3.63) is 35.4 Å². The maximum Gasteiger partial charge on any atom is 0.254 e. The second-order valence-electron chi connectivity index (χ2n) is 4.30. The molecule has 2 amide bonds. The van der Waals surface area contributed by atoms with Crippen LogP contribution in [0, 0.1) is 0 Å². The summed E-state index contributed by atoms with van der Waals surface area (Å²) in [6.45, 7) is 2.79. The van der Waals surface area contributed by atoms with E-state index in [2.05, 4.69) is 5.32 Å². The van der Waals surface area contributed by atoms with Gasteiger partial charge in [0.25, 0.3) is 5.91 Å². The molecule has 5 heteroatoms. The van der Waals surface area contributed by atoms with Crippen molar-refractivity contribution in [3.8, 4) is 0 Å². The van der Waals surface area contributed by atoms with E-state index in [0.29, 0.717) is 24.5 Å². The number of hydrogen-bond donors (Lipinski definition) is 1. The molecule has 0 bridgehead atoms. The van der Waals surface area contributed by atoms with Crippen LogP contribution in [0.4, 0.5) is 0 Å². The van der Waals surface area contributed by atoms with Crippen LogP contribution in [0.25, 0.3) is 0 Å². The Balaban J connectivity index is 2.16. The molecule has 1 aromatic rings.